The molecule has 170 valence electrons. The van der Waals surface area contributed by atoms with Crippen LogP contribution in [0.1, 0.15) is 24.6 Å². The first-order valence-corrected chi connectivity index (χ1v) is 10.6. The van der Waals surface area contributed by atoms with Crippen molar-refractivity contribution in [3.63, 3.8) is 0 Å². The fourth-order valence-electron chi connectivity index (χ4n) is 4.10. The van der Waals surface area contributed by atoms with Gasteiger partial charge in [0.25, 0.3) is 0 Å². The molecule has 33 heavy (non-hydrogen) atoms. The number of nitrogen functional groups attached to an aromatic ring is 1. The van der Waals surface area contributed by atoms with Gasteiger partial charge in [-0.2, -0.15) is 4.39 Å². The number of aromatic nitrogens is 3. The van der Waals surface area contributed by atoms with Gasteiger partial charge < -0.3 is 20.3 Å². The van der Waals surface area contributed by atoms with E-state index in [0.29, 0.717) is 29.4 Å². The van der Waals surface area contributed by atoms with Crippen molar-refractivity contribution in [3.05, 3.63) is 72.3 Å². The summed E-state index contributed by atoms with van der Waals surface area (Å²) < 4.78 is 40.5. The predicted molar refractivity (Wildman–Crippen MR) is 118 cm³/mol. The van der Waals surface area contributed by atoms with Crippen molar-refractivity contribution < 1.29 is 23.4 Å². The summed E-state index contributed by atoms with van der Waals surface area (Å²) in [5.41, 5.74) is 8.32. The van der Waals surface area contributed by atoms with Gasteiger partial charge >= 0.3 is 0 Å². The van der Waals surface area contributed by atoms with Crippen LogP contribution in [0.2, 0.25) is 0 Å². The number of nitrogens with zero attached hydrogens (tertiary/aromatic N) is 3. The molecule has 0 radical (unpaired) electrons. The van der Waals surface area contributed by atoms with Gasteiger partial charge in [0.1, 0.15) is 28.6 Å². The van der Waals surface area contributed by atoms with Gasteiger partial charge in [-0.05, 0) is 49.2 Å². The smallest absolute Gasteiger partial charge is 0.201 e. The monoisotopic (exact) mass is 452 g/mol. The number of ether oxygens (including phenoxy) is 2. The van der Waals surface area contributed by atoms with E-state index in [2.05, 4.69) is 4.98 Å². The molecule has 1 aliphatic rings. The number of nitrogens with two attached hydrogens (primary N) is 1. The van der Waals surface area contributed by atoms with Crippen LogP contribution in [0, 0.1) is 11.6 Å². The van der Waals surface area contributed by atoms with Gasteiger partial charge in [-0.15, -0.1) is 0 Å². The summed E-state index contributed by atoms with van der Waals surface area (Å²) in [4.78, 5) is 9.10. The summed E-state index contributed by atoms with van der Waals surface area (Å²) in [6, 6.07) is 10.7. The average Bonchev–Trinajstić information content (AvgIpc) is 3.24. The van der Waals surface area contributed by atoms with E-state index in [9.17, 15) is 13.9 Å². The van der Waals surface area contributed by atoms with Crippen molar-refractivity contribution >= 4 is 11.3 Å². The van der Waals surface area contributed by atoms with E-state index in [4.69, 9.17) is 20.2 Å². The van der Waals surface area contributed by atoms with Crippen LogP contribution < -0.4 is 10.5 Å². The maximum absolute atomic E-state index is 13.9. The van der Waals surface area contributed by atoms with Gasteiger partial charge in [0, 0.05) is 23.9 Å². The molecule has 2 aromatic heterocycles. The number of halogens is 2. The number of benzene rings is 2. The minimum Gasteiger partial charge on any atom is -0.454 e. The summed E-state index contributed by atoms with van der Waals surface area (Å²) in [7, 11) is 0. The molecule has 0 saturated carbocycles. The van der Waals surface area contributed by atoms with Gasteiger partial charge in [-0.25, -0.2) is 14.4 Å². The fourth-order valence-corrected chi connectivity index (χ4v) is 4.10. The Morgan fingerprint density at radius 2 is 1.97 bits per heavy atom. The van der Waals surface area contributed by atoms with Gasteiger partial charge in [-0.1, -0.05) is 6.07 Å². The third-order valence-corrected chi connectivity index (χ3v) is 5.82. The second kappa shape index (κ2) is 8.76. The zero-order valence-corrected chi connectivity index (χ0v) is 17.6. The van der Waals surface area contributed by atoms with Gasteiger partial charge in [0.2, 0.25) is 5.82 Å². The van der Waals surface area contributed by atoms with Gasteiger partial charge in [-0.3, -0.25) is 4.40 Å². The average molecular weight is 452 g/mol. The highest BCUT2D eigenvalue weighted by Crippen LogP contribution is 2.35. The van der Waals surface area contributed by atoms with Crippen LogP contribution in [-0.4, -0.2) is 38.8 Å². The zero-order chi connectivity index (χ0) is 22.9. The second-order valence-corrected chi connectivity index (χ2v) is 7.94. The third kappa shape index (κ3) is 4.01. The number of imidazole rings is 1. The second-order valence-electron chi connectivity index (χ2n) is 7.94. The van der Waals surface area contributed by atoms with Crippen molar-refractivity contribution in [2.75, 3.05) is 18.9 Å². The quantitative estimate of drug-likeness (QED) is 0.469. The van der Waals surface area contributed by atoms with Crippen molar-refractivity contribution in [2.45, 2.75) is 24.9 Å². The van der Waals surface area contributed by atoms with Gasteiger partial charge in [0.15, 0.2) is 11.6 Å². The zero-order valence-electron chi connectivity index (χ0n) is 17.6. The molecule has 0 amide bonds. The lowest BCUT2D eigenvalue weighted by atomic mass is 9.98. The molecule has 0 unspecified atom stereocenters. The number of anilines is 1. The van der Waals surface area contributed by atoms with E-state index in [0.717, 1.165) is 30.3 Å². The summed E-state index contributed by atoms with van der Waals surface area (Å²) in [5, 5.41) is 9.33. The van der Waals surface area contributed by atoms with Crippen molar-refractivity contribution in [1.82, 2.24) is 14.4 Å². The first-order chi connectivity index (χ1) is 16.0. The molecule has 1 fully saturated rings. The van der Waals surface area contributed by atoms with Crippen molar-refractivity contribution in [2.24, 2.45) is 0 Å². The molecule has 7 nitrogen and oxygen atoms in total. The summed E-state index contributed by atoms with van der Waals surface area (Å²) in [6.07, 6.45) is 4.88. The molecule has 4 aromatic rings. The molecule has 1 aliphatic heterocycles. The highest BCUT2D eigenvalue weighted by atomic mass is 19.2. The van der Waals surface area contributed by atoms with Crippen LogP contribution in [-0.2, 0) is 4.74 Å². The Labute approximate surface area is 188 Å². The Bertz CT molecular complexity index is 1290. The van der Waals surface area contributed by atoms with E-state index < -0.39 is 11.6 Å². The number of aliphatic hydroxyl groups is 1. The predicted octanol–water partition coefficient (Wildman–Crippen LogP) is 4.30. The maximum atomic E-state index is 13.9. The minimum absolute atomic E-state index is 0.00507. The SMILES string of the molecule is Nc1nccn2c([C@@H]3CC[C@H](CO)OC3)nc(-c3ccc(Oc4cccc(F)c4F)cc3)c12. The number of rotatable bonds is 5. The van der Waals surface area contributed by atoms with E-state index >= 15 is 0 Å². The van der Waals surface area contributed by atoms with E-state index in [1.165, 1.54) is 12.1 Å². The summed E-state index contributed by atoms with van der Waals surface area (Å²) >= 11 is 0. The Morgan fingerprint density at radius 3 is 2.70 bits per heavy atom. The molecule has 3 N–H and O–H groups in total. The summed E-state index contributed by atoms with van der Waals surface area (Å²) in [5.74, 6) is -0.636. The van der Waals surface area contributed by atoms with Crippen LogP contribution in [0.25, 0.3) is 16.8 Å². The number of fused-ring (bicyclic) bond motifs is 1. The van der Waals surface area contributed by atoms with Crippen LogP contribution in [0.3, 0.4) is 0 Å². The molecule has 5 rings (SSSR count). The Morgan fingerprint density at radius 1 is 1.15 bits per heavy atom. The van der Waals surface area contributed by atoms with Crippen LogP contribution in [0.15, 0.2) is 54.9 Å². The molecular formula is C24H22F2N4O3. The molecular weight excluding hydrogens is 430 g/mol. The van der Waals surface area contributed by atoms with E-state index in [-0.39, 0.29) is 24.4 Å². The van der Waals surface area contributed by atoms with Gasteiger partial charge in [0.05, 0.1) is 19.3 Å². The Balaban J connectivity index is 1.48. The van der Waals surface area contributed by atoms with Crippen molar-refractivity contribution in [3.8, 4) is 22.8 Å². The highest BCUT2D eigenvalue weighted by molar-refractivity contribution is 5.85. The first kappa shape index (κ1) is 21.3. The van der Waals surface area contributed by atoms with Crippen LogP contribution >= 0.6 is 0 Å². The highest BCUT2D eigenvalue weighted by Gasteiger charge is 2.27. The first-order valence-electron chi connectivity index (χ1n) is 10.6. The number of hydrogen-bond acceptors (Lipinski definition) is 6. The lowest BCUT2D eigenvalue weighted by molar-refractivity contribution is -0.0282. The standard InChI is InChI=1S/C24H22F2N4O3/c25-18-2-1-3-19(20(18)26)33-16-7-4-14(5-8-16)21-22-23(27)28-10-11-30(22)24(29-21)15-6-9-17(12-31)32-13-15/h1-5,7-8,10-11,15,17,31H,6,9,12-13H2,(H2,27,28)/t15-,17-/m1/s1. The molecule has 0 aliphatic carbocycles. The minimum atomic E-state index is -1.04. The molecule has 3 heterocycles. The summed E-state index contributed by atoms with van der Waals surface area (Å²) in [6.45, 7) is 0.461. The molecule has 2 atom stereocenters. The number of aliphatic hydroxyl groups excluding tert-OH is 1. The molecule has 0 bridgehead atoms. The van der Waals surface area contributed by atoms with E-state index in [1.807, 2.05) is 10.6 Å². The van der Waals surface area contributed by atoms with Crippen molar-refractivity contribution in [1.29, 1.82) is 0 Å². The maximum Gasteiger partial charge on any atom is 0.201 e. The topological polar surface area (TPSA) is 94.9 Å². The largest absolute Gasteiger partial charge is 0.454 e. The molecule has 2 aromatic carbocycles. The Hall–Kier alpha value is -3.56. The van der Waals surface area contributed by atoms with Crippen LogP contribution in [0.4, 0.5) is 14.6 Å². The lowest BCUT2D eigenvalue weighted by Crippen LogP contribution is -2.28. The van der Waals surface area contributed by atoms with E-state index in [1.54, 1.807) is 30.5 Å². The normalized spacial score (nSPS) is 18.5. The molecule has 0 spiro atoms. The lowest BCUT2D eigenvalue weighted by Gasteiger charge is -2.27. The molecule has 9 heteroatoms. The number of hydrogen-bond donors (Lipinski definition) is 2. The van der Waals surface area contributed by atoms with Crippen LogP contribution in [0.5, 0.6) is 11.5 Å². The molecule has 1 saturated heterocycles. The Kier molecular flexibility index (Phi) is 5.65. The fraction of sp³-hybridized carbons (Fsp3) is 0.250. The third-order valence-electron chi connectivity index (χ3n) is 5.82.